The third kappa shape index (κ3) is 4.66. The summed E-state index contributed by atoms with van der Waals surface area (Å²) in [6.45, 7) is 4.92. The van der Waals surface area contributed by atoms with Crippen LogP contribution < -0.4 is 5.73 Å². The molecule has 1 aromatic heterocycles. The Balaban J connectivity index is 2.56. The summed E-state index contributed by atoms with van der Waals surface area (Å²) in [6, 6.07) is 0. The average Bonchev–Trinajstić information content (AvgIpc) is 2.66. The molecular formula is C11H20F2N4O. The Kier molecular flexibility index (Phi) is 6.14. The van der Waals surface area contributed by atoms with E-state index in [0.717, 1.165) is 12.4 Å². The van der Waals surface area contributed by atoms with Crippen LogP contribution in [-0.2, 0) is 24.2 Å². The fraction of sp³-hybridized carbons (Fsp3) is 0.818. The van der Waals surface area contributed by atoms with Crippen molar-refractivity contribution in [2.75, 3.05) is 13.2 Å². The smallest absolute Gasteiger partial charge is 0.261 e. The first-order chi connectivity index (χ1) is 8.54. The molecule has 18 heavy (non-hydrogen) atoms. The van der Waals surface area contributed by atoms with Crippen LogP contribution in [0.15, 0.2) is 0 Å². The summed E-state index contributed by atoms with van der Waals surface area (Å²) in [4.78, 5) is 0. The first-order valence-corrected chi connectivity index (χ1v) is 6.01. The number of aromatic nitrogens is 3. The van der Waals surface area contributed by atoms with Crippen LogP contribution in [0.5, 0.6) is 0 Å². The third-order valence-corrected chi connectivity index (χ3v) is 2.35. The highest BCUT2D eigenvalue weighted by Crippen LogP contribution is 2.08. The van der Waals surface area contributed by atoms with E-state index in [1.807, 2.05) is 4.57 Å². The van der Waals surface area contributed by atoms with Crippen LogP contribution in [0.4, 0.5) is 8.78 Å². The second-order valence-corrected chi connectivity index (χ2v) is 4.46. The predicted molar refractivity (Wildman–Crippen MR) is 63.3 cm³/mol. The lowest BCUT2D eigenvalue weighted by molar-refractivity contribution is 0.0180. The molecule has 0 aliphatic rings. The van der Waals surface area contributed by atoms with E-state index in [4.69, 9.17) is 10.5 Å². The molecule has 0 aromatic carbocycles. The molecule has 0 fully saturated rings. The normalized spacial score (nSPS) is 11.7. The highest BCUT2D eigenvalue weighted by atomic mass is 19.3. The molecule has 0 radical (unpaired) electrons. The van der Waals surface area contributed by atoms with Crippen molar-refractivity contribution in [3.05, 3.63) is 11.6 Å². The van der Waals surface area contributed by atoms with Gasteiger partial charge in [0.15, 0.2) is 0 Å². The summed E-state index contributed by atoms with van der Waals surface area (Å²) in [5.41, 5.74) is 5.58. The van der Waals surface area contributed by atoms with Gasteiger partial charge in [0.1, 0.15) is 18.3 Å². The van der Waals surface area contributed by atoms with E-state index in [1.54, 1.807) is 0 Å². The minimum atomic E-state index is -2.43. The number of nitrogens with zero attached hydrogens (tertiary/aromatic N) is 3. The topological polar surface area (TPSA) is 66.0 Å². The summed E-state index contributed by atoms with van der Waals surface area (Å²) in [5.74, 6) is 1.89. The number of nitrogens with two attached hydrogens (primary N) is 1. The van der Waals surface area contributed by atoms with Crippen LogP contribution in [0.3, 0.4) is 0 Å². The Hall–Kier alpha value is -1.08. The number of hydrogen-bond donors (Lipinski definition) is 1. The SMILES string of the molecule is CC(C)Cn1c(CN)nnc1CCOCC(F)F. The molecule has 0 atom stereocenters. The monoisotopic (exact) mass is 262 g/mol. The molecule has 0 amide bonds. The molecule has 1 heterocycles. The van der Waals surface area contributed by atoms with E-state index in [2.05, 4.69) is 24.0 Å². The van der Waals surface area contributed by atoms with Crippen molar-refractivity contribution in [2.24, 2.45) is 11.7 Å². The van der Waals surface area contributed by atoms with Crippen molar-refractivity contribution in [2.45, 2.75) is 39.8 Å². The fourth-order valence-corrected chi connectivity index (χ4v) is 1.62. The molecule has 0 saturated heterocycles. The van der Waals surface area contributed by atoms with Crippen LogP contribution in [0.2, 0.25) is 0 Å². The second-order valence-electron chi connectivity index (χ2n) is 4.46. The second kappa shape index (κ2) is 7.38. The van der Waals surface area contributed by atoms with Crippen molar-refractivity contribution >= 4 is 0 Å². The van der Waals surface area contributed by atoms with Gasteiger partial charge in [0.2, 0.25) is 0 Å². The Morgan fingerprint density at radius 1 is 1.28 bits per heavy atom. The maximum absolute atomic E-state index is 11.9. The Morgan fingerprint density at radius 3 is 2.50 bits per heavy atom. The third-order valence-electron chi connectivity index (χ3n) is 2.35. The van der Waals surface area contributed by atoms with E-state index in [-0.39, 0.29) is 6.61 Å². The molecule has 104 valence electrons. The van der Waals surface area contributed by atoms with Crippen LogP contribution in [0.1, 0.15) is 25.5 Å². The Labute approximate surface area is 105 Å². The van der Waals surface area contributed by atoms with E-state index >= 15 is 0 Å². The quantitative estimate of drug-likeness (QED) is 0.715. The molecular weight excluding hydrogens is 242 g/mol. The van der Waals surface area contributed by atoms with Crippen molar-refractivity contribution in [3.8, 4) is 0 Å². The zero-order valence-electron chi connectivity index (χ0n) is 10.8. The van der Waals surface area contributed by atoms with Crippen molar-refractivity contribution in [1.82, 2.24) is 14.8 Å². The summed E-state index contributed by atoms with van der Waals surface area (Å²) in [5, 5.41) is 8.01. The number of alkyl halides is 2. The fourth-order valence-electron chi connectivity index (χ4n) is 1.62. The molecule has 7 heteroatoms. The first kappa shape index (κ1) is 15.0. The molecule has 0 bridgehead atoms. The summed E-state index contributed by atoms with van der Waals surface area (Å²) < 4.78 is 30.6. The standard InChI is InChI=1S/C11H20F2N4O/c1-8(2)6-17-10(15-16-11(17)5-14)3-4-18-7-9(12)13/h8-9H,3-7,14H2,1-2H3. The largest absolute Gasteiger partial charge is 0.375 e. The van der Waals surface area contributed by atoms with Gasteiger partial charge in [-0.15, -0.1) is 10.2 Å². The van der Waals surface area contributed by atoms with Crippen molar-refractivity contribution in [1.29, 1.82) is 0 Å². The molecule has 0 aliphatic heterocycles. The molecule has 2 N–H and O–H groups in total. The highest BCUT2D eigenvalue weighted by molar-refractivity contribution is 4.96. The van der Waals surface area contributed by atoms with Crippen LogP contribution in [0.25, 0.3) is 0 Å². The molecule has 0 aliphatic carbocycles. The molecule has 1 aromatic rings. The summed E-state index contributed by atoms with van der Waals surface area (Å²) in [6.07, 6.45) is -1.97. The number of hydrogen-bond acceptors (Lipinski definition) is 4. The van der Waals surface area contributed by atoms with Gasteiger partial charge < -0.3 is 15.0 Å². The number of halogens is 2. The first-order valence-electron chi connectivity index (χ1n) is 6.01. The van der Waals surface area contributed by atoms with Gasteiger partial charge in [0.05, 0.1) is 13.2 Å². The van der Waals surface area contributed by atoms with Crippen molar-refractivity contribution in [3.63, 3.8) is 0 Å². The van der Waals surface area contributed by atoms with Crippen molar-refractivity contribution < 1.29 is 13.5 Å². The van der Waals surface area contributed by atoms with E-state index < -0.39 is 13.0 Å². The van der Waals surface area contributed by atoms with Gasteiger partial charge in [-0.05, 0) is 5.92 Å². The maximum atomic E-state index is 11.9. The summed E-state index contributed by atoms with van der Waals surface area (Å²) in [7, 11) is 0. The minimum Gasteiger partial charge on any atom is -0.375 e. The van der Waals surface area contributed by atoms with Crippen LogP contribution in [0, 0.1) is 5.92 Å². The van der Waals surface area contributed by atoms with Gasteiger partial charge in [-0.25, -0.2) is 8.78 Å². The number of ether oxygens (including phenoxy) is 1. The zero-order valence-corrected chi connectivity index (χ0v) is 10.8. The van der Waals surface area contributed by atoms with Crippen LogP contribution in [-0.4, -0.2) is 34.4 Å². The van der Waals surface area contributed by atoms with Gasteiger partial charge in [0, 0.05) is 13.0 Å². The molecule has 0 spiro atoms. The number of rotatable bonds is 8. The van der Waals surface area contributed by atoms with Gasteiger partial charge in [-0.1, -0.05) is 13.8 Å². The zero-order chi connectivity index (χ0) is 13.5. The molecule has 0 unspecified atom stereocenters. The highest BCUT2D eigenvalue weighted by Gasteiger charge is 2.12. The lowest BCUT2D eigenvalue weighted by Gasteiger charge is -2.12. The Bertz CT molecular complexity index is 355. The molecule has 0 saturated carbocycles. The van der Waals surface area contributed by atoms with Gasteiger partial charge >= 0.3 is 0 Å². The molecule has 5 nitrogen and oxygen atoms in total. The van der Waals surface area contributed by atoms with Gasteiger partial charge in [-0.3, -0.25) is 0 Å². The van der Waals surface area contributed by atoms with E-state index in [0.29, 0.717) is 24.7 Å². The maximum Gasteiger partial charge on any atom is 0.261 e. The lowest BCUT2D eigenvalue weighted by atomic mass is 10.2. The average molecular weight is 262 g/mol. The van der Waals surface area contributed by atoms with E-state index in [9.17, 15) is 8.78 Å². The lowest BCUT2D eigenvalue weighted by Crippen LogP contribution is -2.16. The van der Waals surface area contributed by atoms with Crippen LogP contribution >= 0.6 is 0 Å². The summed E-state index contributed by atoms with van der Waals surface area (Å²) >= 11 is 0. The van der Waals surface area contributed by atoms with E-state index in [1.165, 1.54) is 0 Å². The molecule has 1 rings (SSSR count). The van der Waals surface area contributed by atoms with Gasteiger partial charge in [-0.2, -0.15) is 0 Å². The predicted octanol–water partition coefficient (Wildman–Crippen LogP) is 1.22. The van der Waals surface area contributed by atoms with Gasteiger partial charge in [0.25, 0.3) is 6.43 Å². The Morgan fingerprint density at radius 2 is 1.94 bits per heavy atom. The minimum absolute atomic E-state index is 0.213.